The average molecular weight is 288 g/mol. The molecule has 0 heterocycles. The van der Waals surface area contributed by atoms with Gasteiger partial charge in [0.25, 0.3) is 0 Å². The minimum atomic E-state index is -4.67. The Morgan fingerprint density at radius 2 is 1.94 bits per heavy atom. The van der Waals surface area contributed by atoms with Crippen molar-refractivity contribution in [3.05, 3.63) is 28.8 Å². The van der Waals surface area contributed by atoms with Crippen LogP contribution in [-0.2, 0) is 16.2 Å². The Labute approximate surface area is 102 Å². The Kier molecular flexibility index (Phi) is 3.93. The highest BCUT2D eigenvalue weighted by molar-refractivity contribution is 7.92. The van der Waals surface area contributed by atoms with E-state index in [0.29, 0.717) is 0 Å². The van der Waals surface area contributed by atoms with Gasteiger partial charge < -0.3 is 0 Å². The molecular weight excluding hydrogens is 279 g/mol. The number of hydrogen-bond acceptors (Lipinski definition) is 2. The molecule has 0 saturated carbocycles. The highest BCUT2D eigenvalue weighted by Gasteiger charge is 2.35. The molecule has 96 valence electrons. The largest absolute Gasteiger partial charge is 0.418 e. The standard InChI is InChI=1S/C9H9ClF3NO2S/c1-2-17(15,16)14-8-6(9(11,12)13)4-3-5-7(8)10/h3-5,14H,2H2,1H3. The molecule has 0 radical (unpaired) electrons. The second kappa shape index (κ2) is 4.73. The Morgan fingerprint density at radius 3 is 2.41 bits per heavy atom. The predicted molar refractivity (Wildman–Crippen MR) is 59.5 cm³/mol. The molecule has 0 bridgehead atoms. The van der Waals surface area contributed by atoms with E-state index in [9.17, 15) is 21.6 Å². The molecule has 17 heavy (non-hydrogen) atoms. The number of hydrogen-bond donors (Lipinski definition) is 1. The molecular formula is C9H9ClF3NO2S. The lowest BCUT2D eigenvalue weighted by Gasteiger charge is -2.15. The number of anilines is 1. The molecule has 0 aliphatic rings. The molecule has 0 spiro atoms. The highest BCUT2D eigenvalue weighted by atomic mass is 35.5. The molecule has 0 aromatic heterocycles. The maximum atomic E-state index is 12.6. The third-order valence-corrected chi connectivity index (χ3v) is 3.55. The highest BCUT2D eigenvalue weighted by Crippen LogP contribution is 2.38. The molecule has 8 heteroatoms. The number of rotatable bonds is 3. The zero-order valence-electron chi connectivity index (χ0n) is 8.68. The van der Waals surface area contributed by atoms with Crippen LogP contribution < -0.4 is 4.72 Å². The molecule has 0 saturated heterocycles. The van der Waals surface area contributed by atoms with Crippen molar-refractivity contribution in [2.24, 2.45) is 0 Å². The van der Waals surface area contributed by atoms with E-state index in [2.05, 4.69) is 0 Å². The topological polar surface area (TPSA) is 46.2 Å². The van der Waals surface area contributed by atoms with Crippen LogP contribution in [0, 0.1) is 0 Å². The van der Waals surface area contributed by atoms with Gasteiger partial charge in [-0.05, 0) is 19.1 Å². The monoisotopic (exact) mass is 287 g/mol. The van der Waals surface area contributed by atoms with Crippen LogP contribution in [0.3, 0.4) is 0 Å². The van der Waals surface area contributed by atoms with Gasteiger partial charge in [-0.15, -0.1) is 0 Å². The molecule has 1 rings (SSSR count). The van der Waals surface area contributed by atoms with Crippen molar-refractivity contribution in [2.75, 3.05) is 10.5 Å². The summed E-state index contributed by atoms with van der Waals surface area (Å²) in [6.07, 6.45) is -4.67. The maximum Gasteiger partial charge on any atom is 0.418 e. The molecule has 0 aliphatic heterocycles. The molecule has 0 fully saturated rings. The first kappa shape index (κ1) is 14.1. The Balaban J connectivity index is 3.32. The summed E-state index contributed by atoms with van der Waals surface area (Å²) in [5.41, 5.74) is -1.74. The maximum absolute atomic E-state index is 12.6. The normalized spacial score (nSPS) is 12.5. The summed E-state index contributed by atoms with van der Waals surface area (Å²) < 4.78 is 62.2. The number of benzene rings is 1. The van der Waals surface area contributed by atoms with Crippen LogP contribution in [0.5, 0.6) is 0 Å². The summed E-state index contributed by atoms with van der Waals surface area (Å²) in [7, 11) is -3.81. The number of nitrogens with one attached hydrogen (secondary N) is 1. The number of sulfonamides is 1. The van der Waals surface area contributed by atoms with E-state index in [0.717, 1.165) is 12.1 Å². The van der Waals surface area contributed by atoms with Crippen LogP contribution in [0.4, 0.5) is 18.9 Å². The van der Waals surface area contributed by atoms with Crippen LogP contribution in [0.15, 0.2) is 18.2 Å². The molecule has 1 aromatic carbocycles. The fraction of sp³-hybridized carbons (Fsp3) is 0.333. The van der Waals surface area contributed by atoms with Crippen LogP contribution in [-0.4, -0.2) is 14.2 Å². The van der Waals surface area contributed by atoms with Crippen LogP contribution in [0.25, 0.3) is 0 Å². The lowest BCUT2D eigenvalue weighted by Crippen LogP contribution is -2.18. The quantitative estimate of drug-likeness (QED) is 0.928. The van der Waals surface area contributed by atoms with Gasteiger partial charge in [0.1, 0.15) is 0 Å². The molecule has 1 N–H and O–H groups in total. The first-order valence-electron chi connectivity index (χ1n) is 4.53. The fourth-order valence-electron chi connectivity index (χ4n) is 1.09. The third kappa shape index (κ3) is 3.50. The number of alkyl halides is 3. The minimum absolute atomic E-state index is 0.295. The summed E-state index contributed by atoms with van der Waals surface area (Å²) >= 11 is 5.57. The SMILES string of the molecule is CCS(=O)(=O)Nc1c(Cl)cccc1C(F)(F)F. The van der Waals surface area contributed by atoms with Gasteiger partial charge in [0, 0.05) is 0 Å². The first-order valence-corrected chi connectivity index (χ1v) is 6.56. The summed E-state index contributed by atoms with van der Waals surface area (Å²) in [4.78, 5) is 0. The van der Waals surface area contributed by atoms with Crippen molar-refractivity contribution in [2.45, 2.75) is 13.1 Å². The number of halogens is 4. The van der Waals surface area contributed by atoms with E-state index in [1.807, 2.05) is 4.72 Å². The summed E-state index contributed by atoms with van der Waals surface area (Å²) in [5, 5.41) is -0.295. The average Bonchev–Trinajstić information content (AvgIpc) is 2.19. The minimum Gasteiger partial charge on any atom is -0.281 e. The van der Waals surface area contributed by atoms with Crippen molar-refractivity contribution in [1.82, 2.24) is 0 Å². The van der Waals surface area contributed by atoms with Gasteiger partial charge in [0.2, 0.25) is 10.0 Å². The van der Waals surface area contributed by atoms with Crippen molar-refractivity contribution in [1.29, 1.82) is 0 Å². The zero-order chi connectivity index (χ0) is 13.3. The van der Waals surface area contributed by atoms with Crippen LogP contribution in [0.1, 0.15) is 12.5 Å². The Morgan fingerprint density at radius 1 is 1.35 bits per heavy atom. The van der Waals surface area contributed by atoms with Crippen molar-refractivity contribution in [3.8, 4) is 0 Å². The number of para-hydroxylation sites is 1. The second-order valence-electron chi connectivity index (χ2n) is 3.17. The fourth-order valence-corrected chi connectivity index (χ4v) is 2.04. The van der Waals surface area contributed by atoms with Crippen LogP contribution in [0.2, 0.25) is 5.02 Å². The third-order valence-electron chi connectivity index (χ3n) is 1.96. The smallest absolute Gasteiger partial charge is 0.281 e. The van der Waals surface area contributed by atoms with Crippen molar-refractivity contribution >= 4 is 27.3 Å². The van der Waals surface area contributed by atoms with Gasteiger partial charge >= 0.3 is 6.18 Å². The lowest BCUT2D eigenvalue weighted by atomic mass is 10.2. The van der Waals surface area contributed by atoms with Crippen LogP contribution >= 0.6 is 11.6 Å². The molecule has 0 amide bonds. The first-order chi connectivity index (χ1) is 7.67. The van der Waals surface area contributed by atoms with Gasteiger partial charge in [-0.1, -0.05) is 17.7 Å². The van der Waals surface area contributed by atoms with Gasteiger partial charge in [0.15, 0.2) is 0 Å². The van der Waals surface area contributed by atoms with Gasteiger partial charge in [-0.25, -0.2) is 8.42 Å². The lowest BCUT2D eigenvalue weighted by molar-refractivity contribution is -0.136. The molecule has 0 atom stereocenters. The van der Waals surface area contributed by atoms with E-state index in [1.165, 1.54) is 13.0 Å². The van der Waals surface area contributed by atoms with Gasteiger partial charge in [0.05, 0.1) is 22.0 Å². The molecule has 0 unspecified atom stereocenters. The van der Waals surface area contributed by atoms with E-state index in [1.54, 1.807) is 0 Å². The predicted octanol–water partition coefficient (Wildman–Crippen LogP) is 3.12. The van der Waals surface area contributed by atoms with E-state index < -0.39 is 27.5 Å². The summed E-state index contributed by atoms with van der Waals surface area (Å²) in [5.74, 6) is -0.338. The van der Waals surface area contributed by atoms with E-state index in [-0.39, 0.29) is 10.8 Å². The van der Waals surface area contributed by atoms with Crippen molar-refractivity contribution < 1.29 is 21.6 Å². The molecule has 0 aliphatic carbocycles. The Bertz CT molecular complexity index is 513. The summed E-state index contributed by atoms with van der Waals surface area (Å²) in [6.45, 7) is 1.31. The van der Waals surface area contributed by atoms with Gasteiger partial charge in [-0.2, -0.15) is 13.2 Å². The summed E-state index contributed by atoms with van der Waals surface area (Å²) in [6, 6.07) is 3.05. The van der Waals surface area contributed by atoms with Gasteiger partial charge in [-0.3, -0.25) is 4.72 Å². The van der Waals surface area contributed by atoms with E-state index in [4.69, 9.17) is 11.6 Å². The Hall–Kier alpha value is -0.950. The molecule has 1 aromatic rings. The van der Waals surface area contributed by atoms with Crippen molar-refractivity contribution in [3.63, 3.8) is 0 Å². The zero-order valence-corrected chi connectivity index (χ0v) is 10.2. The van der Waals surface area contributed by atoms with E-state index >= 15 is 0 Å². The molecule has 3 nitrogen and oxygen atoms in total. The second-order valence-corrected chi connectivity index (χ2v) is 5.58.